The molecule has 1 N–H and O–H groups in total. The molecule has 0 radical (unpaired) electrons. The van der Waals surface area contributed by atoms with Gasteiger partial charge >= 0.3 is 5.69 Å². The van der Waals surface area contributed by atoms with Gasteiger partial charge < -0.3 is 37.0 Å². The molecular weight excluding hydrogens is 901 g/mol. The lowest BCUT2D eigenvalue weighted by Crippen LogP contribution is -2.39. The zero-order chi connectivity index (χ0) is 47.3. The van der Waals surface area contributed by atoms with Crippen molar-refractivity contribution in [1.82, 2.24) is 18.9 Å². The van der Waals surface area contributed by atoms with Crippen LogP contribution >= 0.6 is 15.2 Å². The van der Waals surface area contributed by atoms with Crippen molar-refractivity contribution in [2.45, 2.75) is 109 Å². The van der Waals surface area contributed by atoms with Gasteiger partial charge in [-0.05, 0) is 113 Å². The fourth-order valence-corrected chi connectivity index (χ4v) is 12.9. The molecule has 0 saturated carbocycles. The quantitative estimate of drug-likeness (QED) is 0.0381. The summed E-state index contributed by atoms with van der Waals surface area (Å²) >= 11 is 5.95. The van der Waals surface area contributed by atoms with Gasteiger partial charge in [-0.15, -0.1) is 0 Å². The Bertz CT molecular complexity index is 2280. The van der Waals surface area contributed by atoms with E-state index in [2.05, 4.69) is 48.1 Å². The number of nitrogens with zero attached hydrogens (tertiary/aromatic N) is 4. The number of methoxy groups -OCH3 is 2. The van der Waals surface area contributed by atoms with Crippen molar-refractivity contribution in [3.8, 4) is 17.6 Å². The average Bonchev–Trinajstić information content (AvgIpc) is 4.01. The van der Waals surface area contributed by atoms with Gasteiger partial charge in [-0.2, -0.15) is 5.26 Å². The van der Waals surface area contributed by atoms with Crippen molar-refractivity contribution >= 4 is 27.0 Å². The number of rotatable bonds is 25. The van der Waals surface area contributed by atoms with Crippen LogP contribution in [-0.2, 0) is 45.0 Å². The van der Waals surface area contributed by atoms with E-state index in [1.165, 1.54) is 10.8 Å². The molecule has 0 amide bonds. The first-order valence-electron chi connectivity index (χ1n) is 22.7. The molecule has 1 aromatic heterocycles. The molecule has 2 fully saturated rings. The number of unbranched alkanes of at least 4 members (excludes halogenated alkanes) is 1. The Morgan fingerprint density at radius 3 is 2.03 bits per heavy atom. The first kappa shape index (κ1) is 51.6. The highest BCUT2D eigenvalue weighted by molar-refractivity contribution is 8.08. The van der Waals surface area contributed by atoms with Gasteiger partial charge in [0.05, 0.1) is 59.2 Å². The Labute approximate surface area is 395 Å². The Morgan fingerprint density at radius 2 is 1.45 bits per heavy atom. The van der Waals surface area contributed by atoms with E-state index in [1.54, 1.807) is 21.1 Å². The zero-order valence-electron chi connectivity index (χ0n) is 39.1. The maximum Gasteiger partial charge on any atom is 0.330 e. The van der Waals surface area contributed by atoms with Crippen molar-refractivity contribution in [3.63, 3.8) is 0 Å². The molecule has 2 saturated heterocycles. The molecule has 6 rings (SSSR count). The molecule has 4 aromatic rings. The van der Waals surface area contributed by atoms with E-state index in [9.17, 15) is 9.59 Å². The molecule has 18 heteroatoms. The minimum Gasteiger partial charge on any atom is -0.497 e. The smallest absolute Gasteiger partial charge is 0.330 e. The molecule has 0 spiro atoms. The summed E-state index contributed by atoms with van der Waals surface area (Å²) in [6.45, 7) is 10.1. The number of hydrogen-bond donors (Lipinski definition) is 1. The van der Waals surface area contributed by atoms with Gasteiger partial charge in [0.15, 0.2) is 0 Å². The van der Waals surface area contributed by atoms with Crippen molar-refractivity contribution in [3.05, 3.63) is 128 Å². The van der Waals surface area contributed by atoms with Crippen molar-refractivity contribution in [2.24, 2.45) is 0 Å². The number of hydrogen-bond acceptors (Lipinski definition) is 13. The fraction of sp³-hybridized carbons (Fsp3) is 0.521. The second-order valence-corrected chi connectivity index (χ2v) is 21.7. The highest BCUT2D eigenvalue weighted by Crippen LogP contribution is 2.54. The lowest BCUT2D eigenvalue weighted by molar-refractivity contribution is -0.0926. The Kier molecular flexibility index (Phi) is 19.1. The monoisotopic (exact) mass is 965 g/mol. The number of ether oxygens (including phenoxy) is 4. The van der Waals surface area contributed by atoms with Crippen LogP contribution in [0.3, 0.4) is 0 Å². The van der Waals surface area contributed by atoms with Crippen molar-refractivity contribution < 1.29 is 37.0 Å². The van der Waals surface area contributed by atoms with Gasteiger partial charge in [-0.3, -0.25) is 14.3 Å². The Hall–Kier alpha value is -3.81. The van der Waals surface area contributed by atoms with E-state index in [1.807, 2.05) is 78.9 Å². The number of aromatic amines is 1. The van der Waals surface area contributed by atoms with Crippen LogP contribution in [-0.4, -0.2) is 96.9 Å². The van der Waals surface area contributed by atoms with E-state index >= 15 is 0 Å². The molecular formula is C48H65N5O10P2S. The predicted molar refractivity (Wildman–Crippen MR) is 259 cm³/mol. The van der Waals surface area contributed by atoms with E-state index in [-0.39, 0.29) is 38.1 Å². The number of H-pyrrole nitrogens is 1. The number of aromatic nitrogens is 2. The molecule has 66 heavy (non-hydrogen) atoms. The lowest BCUT2D eigenvalue weighted by atomic mass is 9.80. The molecule has 15 nitrogen and oxygen atoms in total. The molecule has 3 aromatic carbocycles. The van der Waals surface area contributed by atoms with Crippen LogP contribution in [0.25, 0.3) is 0 Å². The van der Waals surface area contributed by atoms with Gasteiger partial charge in [0.2, 0.25) is 0 Å². The summed E-state index contributed by atoms with van der Waals surface area (Å²) in [4.78, 5) is 28.3. The van der Waals surface area contributed by atoms with Crippen molar-refractivity contribution in [1.29, 1.82) is 5.26 Å². The van der Waals surface area contributed by atoms with Crippen molar-refractivity contribution in [2.75, 3.05) is 53.7 Å². The summed E-state index contributed by atoms with van der Waals surface area (Å²) in [5.74, 6) is 1.40. The second-order valence-electron chi connectivity index (χ2n) is 16.9. The molecule has 5 unspecified atom stereocenters. The lowest BCUT2D eigenvalue weighted by Gasteiger charge is -2.39. The van der Waals surface area contributed by atoms with E-state index in [4.69, 9.17) is 54.1 Å². The van der Waals surface area contributed by atoms with Gasteiger partial charge in [0.25, 0.3) is 20.7 Å². The van der Waals surface area contributed by atoms with Crippen LogP contribution in [0.1, 0.15) is 94.7 Å². The summed E-state index contributed by atoms with van der Waals surface area (Å²) in [7, 11) is 1.58. The standard InChI is InChI=1S/C48H65N5O10P2S/c1-35(2)53(36(3)4)64(59-29-13-14-30-60-65(66,61-31-15-26-49)51-27-11-12-28-51)63-43-32-45(52-33-37(5)46(54)50-47(52)55)62-44(43)34-58-48(38-16-9-8-10-17-38,39-18-22-41(56-6)23-19-39)40-20-24-42(57-7)25-21-40/h8-10,16-25,33,35-36,43-45H,11-15,27-32,34H2,1-7H3,(H,50,54,55). The third kappa shape index (κ3) is 12.6. The highest BCUT2D eigenvalue weighted by atomic mass is 32.5. The third-order valence-electron chi connectivity index (χ3n) is 11.6. The summed E-state index contributed by atoms with van der Waals surface area (Å²) < 4.78 is 57.2. The van der Waals surface area contributed by atoms with E-state index in [0.29, 0.717) is 43.1 Å². The second kappa shape index (κ2) is 24.5. The van der Waals surface area contributed by atoms with Gasteiger partial charge in [0.1, 0.15) is 29.4 Å². The van der Waals surface area contributed by atoms with Gasteiger partial charge in [-0.25, -0.2) is 14.1 Å². The Balaban J connectivity index is 1.29. The topological polar surface area (TPSA) is 159 Å². The molecule has 358 valence electrons. The summed E-state index contributed by atoms with van der Waals surface area (Å²) in [6, 6.07) is 27.9. The number of benzene rings is 3. The molecule has 0 aliphatic carbocycles. The number of aryl methyl sites for hydroxylation is 1. The normalized spacial score (nSPS) is 19.3. The van der Waals surface area contributed by atoms with Crippen LogP contribution < -0.4 is 20.7 Å². The molecule has 3 heterocycles. The van der Waals surface area contributed by atoms with Gasteiger partial charge in [0, 0.05) is 43.4 Å². The minimum absolute atomic E-state index is 0.0362. The fourth-order valence-electron chi connectivity index (χ4n) is 8.33. The van der Waals surface area contributed by atoms with Crippen LogP contribution in [0, 0.1) is 18.3 Å². The summed E-state index contributed by atoms with van der Waals surface area (Å²) in [5, 5.41) is 9.09. The van der Waals surface area contributed by atoms with Crippen LogP contribution in [0.15, 0.2) is 94.6 Å². The first-order chi connectivity index (χ1) is 31.8. The van der Waals surface area contributed by atoms with E-state index in [0.717, 1.165) is 42.6 Å². The highest BCUT2D eigenvalue weighted by Gasteiger charge is 2.45. The van der Waals surface area contributed by atoms with Crippen LogP contribution in [0.5, 0.6) is 11.5 Å². The molecule has 2 aliphatic heterocycles. The third-order valence-corrected chi connectivity index (χ3v) is 17.2. The summed E-state index contributed by atoms with van der Waals surface area (Å²) in [5.41, 5.74) is 0.773. The largest absolute Gasteiger partial charge is 0.497 e. The summed E-state index contributed by atoms with van der Waals surface area (Å²) in [6.07, 6.45) is 3.41. The number of nitrogens with one attached hydrogen (secondary N) is 1. The first-order valence-corrected chi connectivity index (χ1v) is 26.4. The molecule has 2 aliphatic rings. The van der Waals surface area contributed by atoms with E-state index < -0.39 is 50.5 Å². The zero-order valence-corrected chi connectivity index (χ0v) is 41.7. The molecule has 0 bridgehead atoms. The van der Waals surface area contributed by atoms with Gasteiger partial charge in [-0.1, -0.05) is 54.6 Å². The maximum absolute atomic E-state index is 13.4. The SMILES string of the molecule is COc1ccc(C(OCC2OC(n3cc(C)c(=O)[nH]c3=O)CC2OP(OCCCCOP(=S)(OCCC#N)N2CCCC2)N(C(C)C)C(C)C)(c2ccccc2)c2ccc(OC)cc2)cc1. The Morgan fingerprint density at radius 1 is 0.879 bits per heavy atom. The predicted octanol–water partition coefficient (Wildman–Crippen LogP) is 8.95. The average molecular weight is 966 g/mol. The van der Waals surface area contributed by atoms with Crippen LogP contribution in [0.2, 0.25) is 0 Å². The molecule has 5 atom stereocenters. The number of nitriles is 1. The maximum atomic E-state index is 13.4. The van der Waals surface area contributed by atoms with Crippen LogP contribution in [0.4, 0.5) is 0 Å². The minimum atomic E-state index is -2.70.